The van der Waals surface area contributed by atoms with Crippen LogP contribution in [-0.2, 0) is 13.2 Å². The van der Waals surface area contributed by atoms with Crippen LogP contribution in [0.3, 0.4) is 0 Å². The number of aromatic nitrogens is 2. The van der Waals surface area contributed by atoms with E-state index in [1.165, 1.54) is 0 Å². The van der Waals surface area contributed by atoms with E-state index in [1.54, 1.807) is 24.7 Å². The van der Waals surface area contributed by atoms with E-state index in [4.69, 9.17) is 4.74 Å². The average Bonchev–Trinajstić information content (AvgIpc) is 2.84. The number of aryl methyl sites for hydroxylation is 1. The van der Waals surface area contributed by atoms with Gasteiger partial charge in [-0.05, 0) is 18.6 Å². The summed E-state index contributed by atoms with van der Waals surface area (Å²) in [4.78, 5) is 15.0. The number of hydrogen-bond donors (Lipinski definition) is 0. The highest BCUT2D eigenvalue weighted by Crippen LogP contribution is 2.17. The number of imidazole rings is 1. The van der Waals surface area contributed by atoms with Gasteiger partial charge in [-0.15, -0.1) is 0 Å². The molecular formula is C14H16N2O2. The first kappa shape index (κ1) is 12.4. The van der Waals surface area contributed by atoms with E-state index in [-0.39, 0.29) is 0 Å². The predicted octanol–water partition coefficient (Wildman–Crippen LogP) is 2.68. The SMILES string of the molecule is CCCn1cncc1COc1ccccc1C=O. The molecule has 0 bridgehead atoms. The van der Waals surface area contributed by atoms with Crippen LogP contribution in [0.5, 0.6) is 5.75 Å². The van der Waals surface area contributed by atoms with E-state index in [9.17, 15) is 4.79 Å². The van der Waals surface area contributed by atoms with Gasteiger partial charge in [-0.25, -0.2) is 4.98 Å². The van der Waals surface area contributed by atoms with Gasteiger partial charge in [-0.3, -0.25) is 4.79 Å². The van der Waals surface area contributed by atoms with Gasteiger partial charge in [-0.2, -0.15) is 0 Å². The van der Waals surface area contributed by atoms with Gasteiger partial charge in [0, 0.05) is 6.54 Å². The molecule has 1 heterocycles. The summed E-state index contributed by atoms with van der Waals surface area (Å²) in [5.41, 5.74) is 1.58. The minimum Gasteiger partial charge on any atom is -0.487 e. The Balaban J connectivity index is 2.06. The summed E-state index contributed by atoms with van der Waals surface area (Å²) in [5.74, 6) is 0.608. The molecule has 2 rings (SSSR count). The Labute approximate surface area is 106 Å². The second-order valence-corrected chi connectivity index (χ2v) is 4.02. The zero-order chi connectivity index (χ0) is 12.8. The molecule has 0 aliphatic heterocycles. The summed E-state index contributed by atoms with van der Waals surface area (Å²) >= 11 is 0. The Morgan fingerprint density at radius 3 is 3.00 bits per heavy atom. The number of nitrogens with zero attached hydrogens (tertiary/aromatic N) is 2. The molecule has 0 atom stereocenters. The van der Waals surface area contributed by atoms with Crippen molar-refractivity contribution < 1.29 is 9.53 Å². The van der Waals surface area contributed by atoms with Crippen molar-refractivity contribution >= 4 is 6.29 Å². The van der Waals surface area contributed by atoms with Gasteiger partial charge in [0.1, 0.15) is 12.4 Å². The normalized spacial score (nSPS) is 10.3. The summed E-state index contributed by atoms with van der Waals surface area (Å²) in [6.45, 7) is 3.46. The van der Waals surface area contributed by atoms with Crippen molar-refractivity contribution in [1.82, 2.24) is 9.55 Å². The topological polar surface area (TPSA) is 44.1 Å². The zero-order valence-electron chi connectivity index (χ0n) is 10.4. The molecule has 18 heavy (non-hydrogen) atoms. The van der Waals surface area contributed by atoms with E-state index in [0.29, 0.717) is 17.9 Å². The van der Waals surface area contributed by atoms with Crippen molar-refractivity contribution in [3.63, 3.8) is 0 Å². The maximum Gasteiger partial charge on any atom is 0.153 e. The van der Waals surface area contributed by atoms with Gasteiger partial charge >= 0.3 is 0 Å². The lowest BCUT2D eigenvalue weighted by Gasteiger charge is -2.10. The molecular weight excluding hydrogens is 228 g/mol. The lowest BCUT2D eigenvalue weighted by Crippen LogP contribution is -2.05. The molecule has 1 aromatic heterocycles. The molecule has 0 aliphatic carbocycles. The van der Waals surface area contributed by atoms with E-state index in [1.807, 2.05) is 12.1 Å². The third-order valence-corrected chi connectivity index (χ3v) is 2.68. The Kier molecular flexibility index (Phi) is 4.12. The van der Waals surface area contributed by atoms with Crippen molar-refractivity contribution in [2.45, 2.75) is 26.5 Å². The number of benzene rings is 1. The third-order valence-electron chi connectivity index (χ3n) is 2.68. The van der Waals surface area contributed by atoms with Gasteiger partial charge in [0.25, 0.3) is 0 Å². The minimum atomic E-state index is 0.421. The highest BCUT2D eigenvalue weighted by Gasteiger charge is 2.05. The zero-order valence-corrected chi connectivity index (χ0v) is 10.4. The molecule has 4 heteroatoms. The second-order valence-electron chi connectivity index (χ2n) is 4.02. The molecule has 0 fully saturated rings. The number of hydrogen-bond acceptors (Lipinski definition) is 3. The van der Waals surface area contributed by atoms with Crippen LogP contribution in [0.25, 0.3) is 0 Å². The van der Waals surface area contributed by atoms with Crippen LogP contribution in [0.15, 0.2) is 36.8 Å². The molecule has 0 spiro atoms. The van der Waals surface area contributed by atoms with Gasteiger partial charge in [0.15, 0.2) is 6.29 Å². The fraction of sp³-hybridized carbons (Fsp3) is 0.286. The minimum absolute atomic E-state index is 0.421. The molecule has 0 radical (unpaired) electrons. The monoisotopic (exact) mass is 244 g/mol. The van der Waals surface area contributed by atoms with E-state index in [2.05, 4.69) is 16.5 Å². The number of carbonyl (C=O) groups excluding carboxylic acids is 1. The highest BCUT2D eigenvalue weighted by molar-refractivity contribution is 5.79. The Hall–Kier alpha value is -2.10. The fourth-order valence-corrected chi connectivity index (χ4v) is 1.77. The van der Waals surface area contributed by atoms with Crippen LogP contribution < -0.4 is 4.74 Å². The number of para-hydroxylation sites is 1. The molecule has 0 aliphatic rings. The maximum absolute atomic E-state index is 10.9. The van der Waals surface area contributed by atoms with Gasteiger partial charge in [0.2, 0.25) is 0 Å². The summed E-state index contributed by atoms with van der Waals surface area (Å²) in [5, 5.41) is 0. The van der Waals surface area contributed by atoms with Crippen LogP contribution in [-0.4, -0.2) is 15.8 Å². The summed E-state index contributed by atoms with van der Waals surface area (Å²) in [7, 11) is 0. The molecule has 4 nitrogen and oxygen atoms in total. The van der Waals surface area contributed by atoms with E-state index >= 15 is 0 Å². The van der Waals surface area contributed by atoms with Crippen molar-refractivity contribution in [1.29, 1.82) is 0 Å². The van der Waals surface area contributed by atoms with Crippen LogP contribution >= 0.6 is 0 Å². The van der Waals surface area contributed by atoms with Crippen molar-refractivity contribution in [3.05, 3.63) is 48.0 Å². The summed E-state index contributed by atoms with van der Waals surface area (Å²) in [6.07, 6.45) is 5.44. The number of aldehydes is 1. The van der Waals surface area contributed by atoms with Crippen LogP contribution in [0.1, 0.15) is 29.4 Å². The molecule has 2 aromatic rings. The van der Waals surface area contributed by atoms with Crippen molar-refractivity contribution in [2.24, 2.45) is 0 Å². The number of ether oxygens (including phenoxy) is 1. The van der Waals surface area contributed by atoms with Gasteiger partial charge in [-0.1, -0.05) is 19.1 Å². The second kappa shape index (κ2) is 6.00. The molecule has 0 saturated heterocycles. The smallest absolute Gasteiger partial charge is 0.153 e. The molecule has 0 unspecified atom stereocenters. The van der Waals surface area contributed by atoms with Crippen LogP contribution in [0, 0.1) is 0 Å². The predicted molar refractivity (Wildman–Crippen MR) is 68.7 cm³/mol. The molecule has 1 aromatic carbocycles. The van der Waals surface area contributed by atoms with Crippen LogP contribution in [0.4, 0.5) is 0 Å². The standard InChI is InChI=1S/C14H16N2O2/c1-2-7-16-11-15-8-13(16)10-18-14-6-4-3-5-12(14)9-17/h3-6,8-9,11H,2,7,10H2,1H3. The molecule has 0 saturated carbocycles. The Morgan fingerprint density at radius 2 is 2.22 bits per heavy atom. The molecule has 94 valence electrons. The largest absolute Gasteiger partial charge is 0.487 e. The van der Waals surface area contributed by atoms with Gasteiger partial charge < -0.3 is 9.30 Å². The quantitative estimate of drug-likeness (QED) is 0.734. The molecule has 0 N–H and O–H groups in total. The first-order chi connectivity index (χ1) is 8.85. The van der Waals surface area contributed by atoms with Crippen LogP contribution in [0.2, 0.25) is 0 Å². The first-order valence-corrected chi connectivity index (χ1v) is 6.01. The average molecular weight is 244 g/mol. The fourth-order valence-electron chi connectivity index (χ4n) is 1.77. The highest BCUT2D eigenvalue weighted by atomic mass is 16.5. The lowest BCUT2D eigenvalue weighted by molar-refractivity contribution is 0.111. The summed E-state index contributed by atoms with van der Waals surface area (Å²) in [6, 6.07) is 7.21. The first-order valence-electron chi connectivity index (χ1n) is 6.01. The van der Waals surface area contributed by atoms with E-state index < -0.39 is 0 Å². The lowest BCUT2D eigenvalue weighted by atomic mass is 10.2. The van der Waals surface area contributed by atoms with Gasteiger partial charge in [0.05, 0.1) is 23.8 Å². The van der Waals surface area contributed by atoms with Crippen molar-refractivity contribution in [2.75, 3.05) is 0 Å². The number of rotatable bonds is 6. The number of carbonyl (C=O) groups is 1. The Morgan fingerprint density at radius 1 is 1.39 bits per heavy atom. The van der Waals surface area contributed by atoms with E-state index in [0.717, 1.165) is 24.9 Å². The molecule has 0 amide bonds. The maximum atomic E-state index is 10.9. The third kappa shape index (κ3) is 2.77. The summed E-state index contributed by atoms with van der Waals surface area (Å²) < 4.78 is 7.73. The Bertz CT molecular complexity index is 520. The van der Waals surface area contributed by atoms with Crippen molar-refractivity contribution in [3.8, 4) is 5.75 Å².